The molecule has 90 valence electrons. The van der Waals surface area contributed by atoms with Gasteiger partial charge in [-0.1, -0.05) is 40.0 Å². The van der Waals surface area contributed by atoms with E-state index in [4.69, 9.17) is 9.47 Å². The van der Waals surface area contributed by atoms with Crippen LogP contribution in [-0.2, 0) is 9.47 Å². The molecule has 0 N–H and O–H groups in total. The lowest BCUT2D eigenvalue weighted by Gasteiger charge is -2.14. The van der Waals surface area contributed by atoms with Crippen LogP contribution in [0.4, 0.5) is 4.79 Å². The van der Waals surface area contributed by atoms with E-state index in [1.165, 1.54) is 0 Å². The number of carbonyl (C=O) groups is 1. The van der Waals surface area contributed by atoms with Crippen LogP contribution >= 0.6 is 0 Å². The van der Waals surface area contributed by atoms with Crippen molar-refractivity contribution in [2.45, 2.75) is 59.5 Å². The zero-order valence-corrected chi connectivity index (χ0v) is 10.4. The van der Waals surface area contributed by atoms with Gasteiger partial charge in [0.2, 0.25) is 0 Å². The van der Waals surface area contributed by atoms with Crippen molar-refractivity contribution < 1.29 is 14.3 Å². The fourth-order valence-corrected chi connectivity index (χ4v) is 1.08. The first-order chi connectivity index (χ1) is 7.10. The maximum atomic E-state index is 11.2. The lowest BCUT2D eigenvalue weighted by atomic mass is 10.1. The predicted molar refractivity (Wildman–Crippen MR) is 60.9 cm³/mol. The maximum absolute atomic E-state index is 11.2. The molecule has 0 aliphatic heterocycles. The Balaban J connectivity index is 3.55. The summed E-state index contributed by atoms with van der Waals surface area (Å²) < 4.78 is 10.1. The van der Waals surface area contributed by atoms with Gasteiger partial charge >= 0.3 is 6.16 Å². The fourth-order valence-electron chi connectivity index (χ4n) is 1.08. The van der Waals surface area contributed by atoms with E-state index in [1.54, 1.807) is 0 Å². The molecule has 0 saturated heterocycles. The van der Waals surface area contributed by atoms with Crippen LogP contribution in [0.25, 0.3) is 0 Å². The number of unbranched alkanes of at least 4 members (excludes halogenated alkanes) is 1. The van der Waals surface area contributed by atoms with E-state index in [2.05, 4.69) is 13.8 Å². The second-order valence-corrected chi connectivity index (χ2v) is 4.15. The molecule has 2 unspecified atom stereocenters. The molecule has 0 aromatic heterocycles. The zero-order valence-electron chi connectivity index (χ0n) is 10.4. The van der Waals surface area contributed by atoms with Crippen molar-refractivity contribution in [3.05, 3.63) is 0 Å². The highest BCUT2D eigenvalue weighted by Crippen LogP contribution is 2.06. The summed E-state index contributed by atoms with van der Waals surface area (Å²) >= 11 is 0. The molecule has 0 rings (SSSR count). The lowest BCUT2D eigenvalue weighted by Crippen LogP contribution is -2.18. The Labute approximate surface area is 93.1 Å². The van der Waals surface area contributed by atoms with Crippen molar-refractivity contribution in [1.82, 2.24) is 0 Å². The second-order valence-electron chi connectivity index (χ2n) is 4.15. The number of hydrogen-bond donors (Lipinski definition) is 0. The molecule has 0 aromatic rings. The molecule has 0 spiro atoms. The first kappa shape index (κ1) is 14.3. The third-order valence-electron chi connectivity index (χ3n) is 2.44. The minimum absolute atomic E-state index is 0.0330. The van der Waals surface area contributed by atoms with Crippen molar-refractivity contribution in [3.63, 3.8) is 0 Å². The minimum atomic E-state index is -0.529. The molecule has 3 nitrogen and oxygen atoms in total. The van der Waals surface area contributed by atoms with Crippen LogP contribution in [-0.4, -0.2) is 18.9 Å². The number of hydrogen-bond acceptors (Lipinski definition) is 3. The van der Waals surface area contributed by atoms with Crippen LogP contribution in [0.1, 0.15) is 53.4 Å². The van der Waals surface area contributed by atoms with E-state index in [9.17, 15) is 4.79 Å². The third-order valence-corrected chi connectivity index (χ3v) is 2.44. The van der Waals surface area contributed by atoms with Crippen LogP contribution in [0, 0.1) is 5.92 Å². The molecule has 0 aromatic carbocycles. The smallest absolute Gasteiger partial charge is 0.434 e. The third kappa shape index (κ3) is 8.28. The SMILES string of the molecule is CCCCC(C)OC(=O)OCC(C)CC. The van der Waals surface area contributed by atoms with Crippen LogP contribution in [0.5, 0.6) is 0 Å². The first-order valence-electron chi connectivity index (χ1n) is 5.93. The molecule has 0 fully saturated rings. The average molecular weight is 216 g/mol. The van der Waals surface area contributed by atoms with E-state index in [1.807, 2.05) is 13.8 Å². The number of rotatable bonds is 7. The molecule has 2 atom stereocenters. The monoisotopic (exact) mass is 216 g/mol. The van der Waals surface area contributed by atoms with Gasteiger partial charge in [-0.2, -0.15) is 0 Å². The van der Waals surface area contributed by atoms with E-state index >= 15 is 0 Å². The van der Waals surface area contributed by atoms with Gasteiger partial charge in [-0.15, -0.1) is 0 Å². The molecular weight excluding hydrogens is 192 g/mol. The molecule has 15 heavy (non-hydrogen) atoms. The van der Waals surface area contributed by atoms with E-state index in [0.717, 1.165) is 25.7 Å². The van der Waals surface area contributed by atoms with Gasteiger partial charge in [0, 0.05) is 0 Å². The fraction of sp³-hybridized carbons (Fsp3) is 0.917. The van der Waals surface area contributed by atoms with Gasteiger partial charge in [0.05, 0.1) is 6.61 Å². The zero-order chi connectivity index (χ0) is 11.7. The Morgan fingerprint density at radius 3 is 2.47 bits per heavy atom. The first-order valence-corrected chi connectivity index (χ1v) is 5.93. The van der Waals surface area contributed by atoms with Crippen molar-refractivity contribution in [2.75, 3.05) is 6.61 Å². The Morgan fingerprint density at radius 1 is 1.27 bits per heavy atom. The topological polar surface area (TPSA) is 35.5 Å². The number of carbonyl (C=O) groups excluding carboxylic acids is 1. The average Bonchev–Trinajstić information content (AvgIpc) is 2.22. The summed E-state index contributed by atoms with van der Waals surface area (Å²) in [4.78, 5) is 11.2. The second kappa shape index (κ2) is 8.57. The highest BCUT2D eigenvalue weighted by atomic mass is 16.7. The molecule has 0 saturated carbocycles. The van der Waals surface area contributed by atoms with Crippen LogP contribution in [0.2, 0.25) is 0 Å². The summed E-state index contributed by atoms with van der Waals surface area (Å²) in [5.41, 5.74) is 0. The summed E-state index contributed by atoms with van der Waals surface area (Å²) in [5, 5.41) is 0. The summed E-state index contributed by atoms with van der Waals surface area (Å²) in [7, 11) is 0. The van der Waals surface area contributed by atoms with Crippen molar-refractivity contribution in [3.8, 4) is 0 Å². The van der Waals surface area contributed by atoms with Crippen LogP contribution < -0.4 is 0 Å². The van der Waals surface area contributed by atoms with Gasteiger partial charge in [-0.25, -0.2) is 4.79 Å². The summed E-state index contributed by atoms with van der Waals surface area (Å²) in [5.74, 6) is 0.406. The normalized spacial score (nSPS) is 14.4. The van der Waals surface area contributed by atoms with Gasteiger partial charge in [0.1, 0.15) is 6.10 Å². The van der Waals surface area contributed by atoms with Gasteiger partial charge in [-0.3, -0.25) is 0 Å². The standard InChI is InChI=1S/C12H24O3/c1-5-7-8-11(4)15-12(13)14-9-10(3)6-2/h10-11H,5-9H2,1-4H3. The van der Waals surface area contributed by atoms with Gasteiger partial charge in [0.25, 0.3) is 0 Å². The molecule has 0 heterocycles. The highest BCUT2D eigenvalue weighted by Gasteiger charge is 2.11. The Kier molecular flexibility index (Phi) is 8.15. The summed E-state index contributed by atoms with van der Waals surface area (Å²) in [6, 6.07) is 0. The van der Waals surface area contributed by atoms with Gasteiger partial charge < -0.3 is 9.47 Å². The lowest BCUT2D eigenvalue weighted by molar-refractivity contribution is 0.0188. The summed E-state index contributed by atoms with van der Waals surface area (Å²) in [6.07, 6.45) is 3.57. The summed E-state index contributed by atoms with van der Waals surface area (Å²) in [6.45, 7) is 8.60. The van der Waals surface area contributed by atoms with E-state index in [-0.39, 0.29) is 6.10 Å². The van der Waals surface area contributed by atoms with E-state index in [0.29, 0.717) is 12.5 Å². The van der Waals surface area contributed by atoms with Crippen LogP contribution in [0.3, 0.4) is 0 Å². The Bertz CT molecular complexity index is 168. The Morgan fingerprint density at radius 2 is 1.93 bits per heavy atom. The maximum Gasteiger partial charge on any atom is 0.508 e. The molecule has 0 bridgehead atoms. The number of ether oxygens (including phenoxy) is 2. The molecule has 0 amide bonds. The molecule has 0 aliphatic rings. The van der Waals surface area contributed by atoms with Gasteiger partial charge in [-0.05, 0) is 19.3 Å². The van der Waals surface area contributed by atoms with Crippen molar-refractivity contribution >= 4 is 6.16 Å². The Hall–Kier alpha value is -0.730. The van der Waals surface area contributed by atoms with Gasteiger partial charge in [0.15, 0.2) is 0 Å². The predicted octanol–water partition coefficient (Wildman–Crippen LogP) is 3.76. The van der Waals surface area contributed by atoms with Crippen LogP contribution in [0.15, 0.2) is 0 Å². The largest absolute Gasteiger partial charge is 0.508 e. The molecule has 0 radical (unpaired) electrons. The quantitative estimate of drug-likeness (QED) is 0.608. The molecule has 3 heteroatoms. The highest BCUT2D eigenvalue weighted by molar-refractivity contribution is 5.60. The van der Waals surface area contributed by atoms with Crippen molar-refractivity contribution in [2.24, 2.45) is 5.92 Å². The molecule has 0 aliphatic carbocycles. The van der Waals surface area contributed by atoms with E-state index < -0.39 is 6.16 Å². The minimum Gasteiger partial charge on any atom is -0.434 e. The van der Waals surface area contributed by atoms with Crippen molar-refractivity contribution in [1.29, 1.82) is 0 Å². The molecular formula is C12H24O3.